The highest BCUT2D eigenvalue weighted by atomic mass is 127. The molecule has 1 aromatic heterocycles. The van der Waals surface area contributed by atoms with E-state index in [2.05, 4.69) is 51.8 Å². The molecule has 4 nitrogen and oxygen atoms in total. The van der Waals surface area contributed by atoms with Gasteiger partial charge in [0.1, 0.15) is 0 Å². The van der Waals surface area contributed by atoms with Gasteiger partial charge >= 0.3 is 0 Å². The Morgan fingerprint density at radius 2 is 1.92 bits per heavy atom. The van der Waals surface area contributed by atoms with Crippen molar-refractivity contribution in [3.05, 3.63) is 65.5 Å². The number of hydrogen-bond acceptors (Lipinski definition) is 3. The van der Waals surface area contributed by atoms with Gasteiger partial charge in [-0.3, -0.25) is 9.98 Å². The zero-order valence-electron chi connectivity index (χ0n) is 14.2. The van der Waals surface area contributed by atoms with Crippen LogP contribution in [0.2, 0.25) is 0 Å². The largest absolute Gasteiger partial charge is 0.356 e. The summed E-state index contributed by atoms with van der Waals surface area (Å²) in [6.45, 7) is 3.68. The van der Waals surface area contributed by atoms with Crippen molar-refractivity contribution < 1.29 is 0 Å². The Bertz CT molecular complexity index is 602. The number of benzene rings is 1. The smallest absolute Gasteiger partial charge is 0.191 e. The summed E-state index contributed by atoms with van der Waals surface area (Å²) in [6.07, 6.45) is 1.80. The van der Waals surface area contributed by atoms with E-state index in [4.69, 9.17) is 0 Å². The van der Waals surface area contributed by atoms with E-state index in [1.807, 2.05) is 30.0 Å². The predicted molar refractivity (Wildman–Crippen MR) is 115 cm³/mol. The van der Waals surface area contributed by atoms with Crippen LogP contribution >= 0.6 is 35.7 Å². The van der Waals surface area contributed by atoms with Crippen LogP contribution in [0.1, 0.15) is 16.8 Å². The highest BCUT2D eigenvalue weighted by Crippen LogP contribution is 2.12. The van der Waals surface area contributed by atoms with Crippen LogP contribution in [-0.4, -0.2) is 30.3 Å². The molecule has 0 saturated carbocycles. The number of nitrogens with zero attached hydrogens (tertiary/aromatic N) is 2. The first kappa shape index (κ1) is 20.8. The number of aliphatic imine (C=N–C) groups is 1. The van der Waals surface area contributed by atoms with Gasteiger partial charge in [-0.05, 0) is 24.6 Å². The van der Waals surface area contributed by atoms with E-state index in [9.17, 15) is 0 Å². The molecule has 2 rings (SSSR count). The third-order valence-corrected chi connectivity index (χ3v) is 4.35. The first-order valence-electron chi connectivity index (χ1n) is 7.75. The number of guanidine groups is 1. The van der Waals surface area contributed by atoms with E-state index in [1.54, 1.807) is 13.2 Å². The highest BCUT2D eigenvalue weighted by Gasteiger charge is 1.99. The van der Waals surface area contributed by atoms with Crippen molar-refractivity contribution in [3.8, 4) is 0 Å². The first-order valence-corrected chi connectivity index (χ1v) is 8.91. The van der Waals surface area contributed by atoms with E-state index in [0.717, 1.165) is 29.7 Å². The van der Waals surface area contributed by atoms with Crippen LogP contribution < -0.4 is 10.6 Å². The van der Waals surface area contributed by atoms with Crippen molar-refractivity contribution in [2.24, 2.45) is 4.99 Å². The summed E-state index contributed by atoms with van der Waals surface area (Å²) in [7, 11) is 1.78. The third kappa shape index (κ3) is 8.01. The minimum absolute atomic E-state index is 0. The van der Waals surface area contributed by atoms with E-state index < -0.39 is 0 Å². The molecule has 24 heavy (non-hydrogen) atoms. The minimum Gasteiger partial charge on any atom is -0.356 e. The van der Waals surface area contributed by atoms with Crippen LogP contribution in [0.25, 0.3) is 0 Å². The first-order chi connectivity index (χ1) is 11.3. The Morgan fingerprint density at radius 3 is 2.58 bits per heavy atom. The molecule has 0 bridgehead atoms. The fraction of sp³-hybridized carbons (Fsp3) is 0.333. The molecule has 130 valence electrons. The highest BCUT2D eigenvalue weighted by molar-refractivity contribution is 14.0. The molecular weight excluding hydrogens is 431 g/mol. The normalized spacial score (nSPS) is 10.8. The van der Waals surface area contributed by atoms with Gasteiger partial charge in [-0.15, -0.1) is 24.0 Å². The van der Waals surface area contributed by atoms with Gasteiger partial charge in [-0.2, -0.15) is 11.8 Å². The molecule has 0 saturated heterocycles. The van der Waals surface area contributed by atoms with Crippen LogP contribution in [0, 0.1) is 6.92 Å². The average Bonchev–Trinajstić information content (AvgIpc) is 2.60. The molecule has 0 aliphatic heterocycles. The van der Waals surface area contributed by atoms with Gasteiger partial charge < -0.3 is 10.6 Å². The fourth-order valence-corrected chi connectivity index (χ4v) is 2.83. The molecule has 0 atom stereocenters. The molecule has 0 aliphatic rings. The van der Waals surface area contributed by atoms with E-state index in [1.165, 1.54) is 11.1 Å². The number of thioether (sulfide) groups is 1. The monoisotopic (exact) mass is 456 g/mol. The Labute approximate surface area is 166 Å². The Morgan fingerprint density at radius 1 is 1.12 bits per heavy atom. The van der Waals surface area contributed by atoms with Crippen LogP contribution in [0.3, 0.4) is 0 Å². The Hall–Kier alpha value is -1.28. The van der Waals surface area contributed by atoms with Crippen LogP contribution in [-0.2, 0) is 12.3 Å². The van der Waals surface area contributed by atoms with Crippen molar-refractivity contribution >= 4 is 41.7 Å². The number of pyridine rings is 1. The molecule has 1 heterocycles. The Kier molecular flexibility index (Phi) is 10.5. The molecule has 2 aromatic rings. The second-order valence-electron chi connectivity index (χ2n) is 5.21. The van der Waals surface area contributed by atoms with Crippen LogP contribution in [0.15, 0.2) is 53.7 Å². The molecule has 0 spiro atoms. The van der Waals surface area contributed by atoms with Gasteiger partial charge in [0.15, 0.2) is 5.96 Å². The van der Waals surface area contributed by atoms with Gasteiger partial charge in [0, 0.05) is 31.3 Å². The lowest BCUT2D eigenvalue weighted by molar-refractivity contribution is 0.813. The maximum absolute atomic E-state index is 4.29. The molecule has 0 radical (unpaired) electrons. The summed E-state index contributed by atoms with van der Waals surface area (Å²) in [6, 6.07) is 14.6. The standard InChI is InChI=1S/C18H24N4S.HI/c1-15-6-8-16(9-7-15)14-23-12-11-21-18(19-2)22-13-17-5-3-4-10-20-17;/h3-10H,11-14H2,1-2H3,(H2,19,21,22);1H. The zero-order chi connectivity index (χ0) is 16.3. The van der Waals surface area contributed by atoms with Gasteiger partial charge in [0.05, 0.1) is 12.2 Å². The zero-order valence-corrected chi connectivity index (χ0v) is 17.3. The topological polar surface area (TPSA) is 49.3 Å². The summed E-state index contributed by atoms with van der Waals surface area (Å²) in [5.41, 5.74) is 3.69. The minimum atomic E-state index is 0. The van der Waals surface area contributed by atoms with Crippen molar-refractivity contribution in [2.45, 2.75) is 19.2 Å². The van der Waals surface area contributed by atoms with Gasteiger partial charge in [-0.25, -0.2) is 0 Å². The lowest BCUT2D eigenvalue weighted by Crippen LogP contribution is -2.38. The fourth-order valence-electron chi connectivity index (χ4n) is 2.01. The van der Waals surface area contributed by atoms with Crippen molar-refractivity contribution in [2.75, 3.05) is 19.3 Å². The predicted octanol–water partition coefficient (Wildman–Crippen LogP) is 3.61. The molecule has 0 aliphatic carbocycles. The molecule has 0 fully saturated rings. The van der Waals surface area contributed by atoms with Crippen LogP contribution in [0.4, 0.5) is 0 Å². The third-order valence-electron chi connectivity index (χ3n) is 3.31. The molecule has 1 aromatic carbocycles. The number of halogens is 1. The summed E-state index contributed by atoms with van der Waals surface area (Å²) >= 11 is 1.92. The molecular formula is C18H25IN4S. The average molecular weight is 456 g/mol. The number of hydrogen-bond donors (Lipinski definition) is 2. The lowest BCUT2D eigenvalue weighted by Gasteiger charge is -2.11. The SMILES string of the molecule is CN=C(NCCSCc1ccc(C)cc1)NCc1ccccn1.I. The number of nitrogens with one attached hydrogen (secondary N) is 2. The maximum Gasteiger partial charge on any atom is 0.191 e. The molecule has 0 amide bonds. The molecule has 2 N–H and O–H groups in total. The summed E-state index contributed by atoms with van der Waals surface area (Å²) < 4.78 is 0. The number of aromatic nitrogens is 1. The summed E-state index contributed by atoms with van der Waals surface area (Å²) in [4.78, 5) is 8.51. The van der Waals surface area contributed by atoms with E-state index in [0.29, 0.717) is 6.54 Å². The van der Waals surface area contributed by atoms with Crippen molar-refractivity contribution in [3.63, 3.8) is 0 Å². The lowest BCUT2D eigenvalue weighted by atomic mass is 10.2. The Balaban J connectivity index is 0.00000288. The quantitative estimate of drug-likeness (QED) is 0.289. The van der Waals surface area contributed by atoms with Crippen molar-refractivity contribution in [1.82, 2.24) is 15.6 Å². The number of rotatable bonds is 7. The van der Waals surface area contributed by atoms with Gasteiger partial charge in [0.25, 0.3) is 0 Å². The summed E-state index contributed by atoms with van der Waals surface area (Å²) in [5.74, 6) is 2.90. The second kappa shape index (κ2) is 12.1. The van der Waals surface area contributed by atoms with Crippen molar-refractivity contribution in [1.29, 1.82) is 0 Å². The number of aryl methyl sites for hydroxylation is 1. The van der Waals surface area contributed by atoms with Crippen LogP contribution in [0.5, 0.6) is 0 Å². The molecule has 6 heteroatoms. The van der Waals surface area contributed by atoms with Gasteiger partial charge in [0.2, 0.25) is 0 Å². The van der Waals surface area contributed by atoms with Gasteiger partial charge in [-0.1, -0.05) is 35.9 Å². The van der Waals surface area contributed by atoms with E-state index >= 15 is 0 Å². The summed E-state index contributed by atoms with van der Waals surface area (Å²) in [5, 5.41) is 6.59. The second-order valence-corrected chi connectivity index (χ2v) is 6.32. The maximum atomic E-state index is 4.29. The van der Waals surface area contributed by atoms with E-state index in [-0.39, 0.29) is 24.0 Å². The molecule has 0 unspecified atom stereocenters.